The van der Waals surface area contributed by atoms with Crippen molar-refractivity contribution in [2.24, 2.45) is 0 Å². The zero-order valence-corrected chi connectivity index (χ0v) is 13.1. The first-order valence-electron chi connectivity index (χ1n) is 7.66. The summed E-state index contributed by atoms with van der Waals surface area (Å²) in [5.74, 6) is 0.531. The van der Waals surface area contributed by atoms with Crippen LogP contribution in [0.15, 0.2) is 11.6 Å². The maximum atomic E-state index is 11.2. The van der Waals surface area contributed by atoms with Gasteiger partial charge in [0.2, 0.25) is 5.82 Å². The van der Waals surface area contributed by atoms with Gasteiger partial charge in [0.25, 0.3) is 0 Å². The Morgan fingerprint density at radius 1 is 1.48 bits per heavy atom. The molecule has 1 aromatic heterocycles. The van der Waals surface area contributed by atoms with Gasteiger partial charge in [-0.05, 0) is 52.9 Å². The van der Waals surface area contributed by atoms with Crippen LogP contribution in [0.5, 0.6) is 0 Å². The second kappa shape index (κ2) is 6.74. The van der Waals surface area contributed by atoms with Gasteiger partial charge in [-0.15, -0.1) is 0 Å². The van der Waals surface area contributed by atoms with Crippen molar-refractivity contribution in [2.45, 2.75) is 58.9 Å². The molecule has 1 aliphatic rings. The van der Waals surface area contributed by atoms with Crippen LogP contribution in [0.1, 0.15) is 57.7 Å². The minimum absolute atomic E-state index is 0.0915. The smallest absolute Gasteiger partial charge is 0.333 e. The molecule has 1 aliphatic carbocycles. The zero-order chi connectivity index (χ0) is 15.4. The van der Waals surface area contributed by atoms with E-state index in [9.17, 15) is 10.1 Å². The molecule has 6 heteroatoms. The molecule has 0 atom stereocenters. The molecule has 6 nitrogen and oxygen atoms in total. The van der Waals surface area contributed by atoms with Gasteiger partial charge >= 0.3 is 5.69 Å². The highest BCUT2D eigenvalue weighted by atomic mass is 16.6. The van der Waals surface area contributed by atoms with E-state index in [0.717, 1.165) is 12.8 Å². The number of nitrogens with one attached hydrogen (secondary N) is 1. The van der Waals surface area contributed by atoms with Crippen molar-refractivity contribution in [3.8, 4) is 0 Å². The number of rotatable bonds is 6. The standard InChI is InChI=1S/C15H24N4O2/c1-11(2)18-15(14(19(20)21)12(3)17-18)16-10-9-13-7-5-4-6-8-13/h7,11,16H,4-6,8-10H2,1-3H3. The van der Waals surface area contributed by atoms with Crippen molar-refractivity contribution in [3.63, 3.8) is 0 Å². The van der Waals surface area contributed by atoms with E-state index < -0.39 is 0 Å². The number of hydrogen-bond acceptors (Lipinski definition) is 4. The molecule has 1 N–H and O–H groups in total. The van der Waals surface area contributed by atoms with E-state index in [1.807, 2.05) is 13.8 Å². The van der Waals surface area contributed by atoms with Crippen LogP contribution < -0.4 is 5.32 Å². The van der Waals surface area contributed by atoms with E-state index in [0.29, 0.717) is 18.1 Å². The highest BCUT2D eigenvalue weighted by molar-refractivity contribution is 5.59. The average Bonchev–Trinajstić information content (AvgIpc) is 2.77. The van der Waals surface area contributed by atoms with E-state index in [1.165, 1.54) is 24.8 Å². The zero-order valence-electron chi connectivity index (χ0n) is 13.1. The molecule has 1 heterocycles. The third kappa shape index (κ3) is 3.62. The van der Waals surface area contributed by atoms with Gasteiger partial charge in [0.05, 0.1) is 4.92 Å². The maximum Gasteiger partial charge on any atom is 0.333 e. The van der Waals surface area contributed by atoms with Crippen LogP contribution in [0.25, 0.3) is 0 Å². The van der Waals surface area contributed by atoms with E-state index in [2.05, 4.69) is 16.5 Å². The largest absolute Gasteiger partial charge is 0.364 e. The van der Waals surface area contributed by atoms with E-state index in [1.54, 1.807) is 11.6 Å². The van der Waals surface area contributed by atoms with Crippen LogP contribution in [0.2, 0.25) is 0 Å². The lowest BCUT2D eigenvalue weighted by Crippen LogP contribution is -2.12. The van der Waals surface area contributed by atoms with Gasteiger partial charge < -0.3 is 5.32 Å². The molecule has 0 bridgehead atoms. The van der Waals surface area contributed by atoms with Gasteiger partial charge in [-0.3, -0.25) is 10.1 Å². The molecule has 21 heavy (non-hydrogen) atoms. The van der Waals surface area contributed by atoms with Crippen molar-refractivity contribution >= 4 is 11.5 Å². The second-order valence-corrected chi connectivity index (χ2v) is 5.86. The first kappa shape index (κ1) is 15.5. The molecule has 0 fully saturated rings. The van der Waals surface area contributed by atoms with Gasteiger partial charge in [-0.25, -0.2) is 4.68 Å². The molecule has 2 rings (SSSR count). The molecule has 116 valence electrons. The second-order valence-electron chi connectivity index (χ2n) is 5.86. The number of aryl methyl sites for hydroxylation is 1. The molecule has 0 radical (unpaired) electrons. The van der Waals surface area contributed by atoms with Crippen LogP contribution in [0.3, 0.4) is 0 Å². The van der Waals surface area contributed by atoms with Gasteiger partial charge in [0.15, 0.2) is 0 Å². The lowest BCUT2D eigenvalue weighted by molar-refractivity contribution is -0.384. The Hall–Kier alpha value is -1.85. The third-order valence-corrected chi connectivity index (χ3v) is 3.85. The van der Waals surface area contributed by atoms with Crippen LogP contribution in [0, 0.1) is 17.0 Å². The fraction of sp³-hybridized carbons (Fsp3) is 0.667. The molecule has 1 aromatic rings. The van der Waals surface area contributed by atoms with Crippen molar-refractivity contribution in [3.05, 3.63) is 27.5 Å². The first-order valence-corrected chi connectivity index (χ1v) is 7.66. The monoisotopic (exact) mass is 292 g/mol. The van der Waals surface area contributed by atoms with E-state index in [4.69, 9.17) is 0 Å². The van der Waals surface area contributed by atoms with Crippen molar-refractivity contribution in [1.82, 2.24) is 9.78 Å². The van der Waals surface area contributed by atoms with E-state index in [-0.39, 0.29) is 16.7 Å². The minimum Gasteiger partial charge on any atom is -0.364 e. The van der Waals surface area contributed by atoms with Crippen LogP contribution >= 0.6 is 0 Å². The summed E-state index contributed by atoms with van der Waals surface area (Å²) in [5, 5.41) is 18.8. The number of anilines is 1. The normalized spacial score (nSPS) is 15.1. The summed E-state index contributed by atoms with van der Waals surface area (Å²) in [6.45, 7) is 6.35. The SMILES string of the molecule is Cc1nn(C(C)C)c(NCCC2=CCCCC2)c1[N+](=O)[O-]. The molecule has 0 aromatic carbocycles. The molecule has 0 saturated heterocycles. The molecular formula is C15H24N4O2. The summed E-state index contributed by atoms with van der Waals surface area (Å²) < 4.78 is 1.71. The number of hydrogen-bond donors (Lipinski definition) is 1. The molecule has 0 aliphatic heterocycles. The third-order valence-electron chi connectivity index (χ3n) is 3.85. The van der Waals surface area contributed by atoms with Crippen LogP contribution in [0.4, 0.5) is 11.5 Å². The Kier molecular flexibility index (Phi) is 4.98. The summed E-state index contributed by atoms with van der Waals surface area (Å²) in [7, 11) is 0. The summed E-state index contributed by atoms with van der Waals surface area (Å²) in [4.78, 5) is 10.9. The lowest BCUT2D eigenvalue weighted by Gasteiger charge is -2.15. The molecular weight excluding hydrogens is 268 g/mol. The topological polar surface area (TPSA) is 73.0 Å². The highest BCUT2D eigenvalue weighted by Crippen LogP contribution is 2.31. The quantitative estimate of drug-likeness (QED) is 0.489. The lowest BCUT2D eigenvalue weighted by atomic mass is 9.97. The Balaban J connectivity index is 2.10. The summed E-state index contributed by atoms with van der Waals surface area (Å²) in [6.07, 6.45) is 8.12. The number of allylic oxidation sites excluding steroid dienone is 1. The fourth-order valence-corrected chi connectivity index (χ4v) is 2.77. The molecule has 0 spiro atoms. The summed E-state index contributed by atoms with van der Waals surface area (Å²) >= 11 is 0. The Bertz CT molecular complexity index is 546. The van der Waals surface area contributed by atoms with Gasteiger partial charge in [0.1, 0.15) is 5.69 Å². The number of nitrogens with zero attached hydrogens (tertiary/aromatic N) is 3. The van der Waals surface area contributed by atoms with Crippen molar-refractivity contribution < 1.29 is 4.92 Å². The summed E-state index contributed by atoms with van der Waals surface area (Å²) in [5.41, 5.74) is 2.03. The molecule has 0 amide bonds. The van der Waals surface area contributed by atoms with Crippen LogP contribution in [-0.2, 0) is 0 Å². The Morgan fingerprint density at radius 3 is 2.81 bits per heavy atom. The number of aromatic nitrogens is 2. The molecule has 0 saturated carbocycles. The minimum atomic E-state index is -0.344. The number of nitro groups is 1. The van der Waals surface area contributed by atoms with Gasteiger partial charge in [0, 0.05) is 12.6 Å². The van der Waals surface area contributed by atoms with E-state index >= 15 is 0 Å². The summed E-state index contributed by atoms with van der Waals surface area (Å²) in [6, 6.07) is 0.0915. The van der Waals surface area contributed by atoms with Crippen molar-refractivity contribution in [1.29, 1.82) is 0 Å². The van der Waals surface area contributed by atoms with Gasteiger partial charge in [-0.1, -0.05) is 11.6 Å². The Morgan fingerprint density at radius 2 is 2.24 bits per heavy atom. The fourth-order valence-electron chi connectivity index (χ4n) is 2.77. The van der Waals surface area contributed by atoms with Crippen LogP contribution in [-0.4, -0.2) is 21.2 Å². The van der Waals surface area contributed by atoms with Gasteiger partial charge in [-0.2, -0.15) is 5.10 Å². The highest BCUT2D eigenvalue weighted by Gasteiger charge is 2.26. The first-order chi connectivity index (χ1) is 10.0. The molecule has 0 unspecified atom stereocenters. The average molecular weight is 292 g/mol. The maximum absolute atomic E-state index is 11.2. The van der Waals surface area contributed by atoms with Crippen molar-refractivity contribution in [2.75, 3.05) is 11.9 Å². The predicted octanol–water partition coefficient (Wildman–Crippen LogP) is 3.98. The predicted molar refractivity (Wildman–Crippen MR) is 83.7 cm³/mol. The Labute approximate surface area is 125 Å².